The summed E-state index contributed by atoms with van der Waals surface area (Å²) in [6.45, 7) is 10.0. The average molecular weight is 282 g/mol. The molecule has 0 unspecified atom stereocenters. The lowest BCUT2D eigenvalue weighted by molar-refractivity contribution is 0.258. The van der Waals surface area contributed by atoms with Gasteiger partial charge in [0.05, 0.1) is 0 Å². The Hall–Kier alpha value is -0.800. The summed E-state index contributed by atoms with van der Waals surface area (Å²) in [5.41, 5.74) is 2.32. The van der Waals surface area contributed by atoms with Crippen molar-refractivity contribution in [1.29, 1.82) is 0 Å². The Bertz CT molecular complexity index is 378. The van der Waals surface area contributed by atoms with Crippen molar-refractivity contribution < 1.29 is 0 Å². The van der Waals surface area contributed by atoms with Gasteiger partial charge in [-0.05, 0) is 37.1 Å². The molecule has 1 saturated heterocycles. The highest BCUT2D eigenvalue weighted by Gasteiger charge is 2.17. The van der Waals surface area contributed by atoms with Crippen LogP contribution in [0.1, 0.15) is 31.5 Å². The summed E-state index contributed by atoms with van der Waals surface area (Å²) in [4.78, 5) is 9.66. The van der Waals surface area contributed by atoms with Crippen LogP contribution in [0.15, 0.2) is 12.1 Å². The maximum Gasteiger partial charge on any atom is 0.129 e. The molecule has 0 aromatic carbocycles. The zero-order valence-corrected chi connectivity index (χ0v) is 12.8. The van der Waals surface area contributed by atoms with E-state index in [0.29, 0.717) is 5.88 Å². The third-order valence-electron chi connectivity index (χ3n) is 3.68. The van der Waals surface area contributed by atoms with E-state index < -0.39 is 0 Å². The Morgan fingerprint density at radius 3 is 2.47 bits per heavy atom. The topological polar surface area (TPSA) is 19.4 Å². The Morgan fingerprint density at radius 2 is 1.89 bits per heavy atom. The van der Waals surface area contributed by atoms with E-state index in [0.717, 1.165) is 44.1 Å². The van der Waals surface area contributed by atoms with Gasteiger partial charge < -0.3 is 4.90 Å². The van der Waals surface area contributed by atoms with Crippen LogP contribution < -0.4 is 4.90 Å². The van der Waals surface area contributed by atoms with Gasteiger partial charge in [-0.25, -0.2) is 4.98 Å². The van der Waals surface area contributed by atoms with Gasteiger partial charge in [-0.1, -0.05) is 13.8 Å². The highest BCUT2D eigenvalue weighted by Crippen LogP contribution is 2.19. The standard InChI is InChI=1S/C15H24ClN3/c1-3-5-18-6-8-19(9-7-18)15-11-13(12-16)10-14(4-2)17-15/h10-11H,3-9,12H2,1-2H3. The average Bonchev–Trinajstić information content (AvgIpc) is 2.47. The maximum absolute atomic E-state index is 5.98. The molecule has 1 fully saturated rings. The maximum atomic E-state index is 5.98. The number of halogens is 1. The molecule has 0 N–H and O–H groups in total. The molecule has 2 heterocycles. The second kappa shape index (κ2) is 7.11. The molecular formula is C15H24ClN3. The molecule has 19 heavy (non-hydrogen) atoms. The highest BCUT2D eigenvalue weighted by atomic mass is 35.5. The predicted molar refractivity (Wildman–Crippen MR) is 82.1 cm³/mol. The van der Waals surface area contributed by atoms with Gasteiger partial charge in [0.15, 0.2) is 0 Å². The molecule has 2 rings (SSSR count). The second-order valence-electron chi connectivity index (χ2n) is 5.14. The molecule has 1 aromatic heterocycles. The SMILES string of the molecule is CCCN1CCN(c2cc(CCl)cc(CC)n2)CC1. The van der Waals surface area contributed by atoms with Crippen LogP contribution in [-0.4, -0.2) is 42.6 Å². The van der Waals surface area contributed by atoms with Crippen molar-refractivity contribution in [3.63, 3.8) is 0 Å². The predicted octanol–water partition coefficient (Wildman–Crippen LogP) is 2.91. The van der Waals surface area contributed by atoms with Gasteiger partial charge in [0.2, 0.25) is 0 Å². The van der Waals surface area contributed by atoms with Crippen LogP contribution in [0.4, 0.5) is 5.82 Å². The zero-order valence-electron chi connectivity index (χ0n) is 12.0. The summed E-state index contributed by atoms with van der Waals surface area (Å²) in [6, 6.07) is 4.26. The number of alkyl halides is 1. The van der Waals surface area contributed by atoms with Crippen molar-refractivity contribution in [3.8, 4) is 0 Å². The van der Waals surface area contributed by atoms with E-state index in [-0.39, 0.29) is 0 Å². The Balaban J connectivity index is 2.06. The first-order valence-corrected chi connectivity index (χ1v) is 7.83. The lowest BCUT2D eigenvalue weighted by Gasteiger charge is -2.35. The number of nitrogens with zero attached hydrogens (tertiary/aromatic N) is 3. The fourth-order valence-electron chi connectivity index (χ4n) is 2.57. The summed E-state index contributed by atoms with van der Waals surface area (Å²) in [5, 5.41) is 0. The van der Waals surface area contributed by atoms with Crippen LogP contribution in [-0.2, 0) is 12.3 Å². The Morgan fingerprint density at radius 1 is 1.16 bits per heavy atom. The minimum Gasteiger partial charge on any atom is -0.354 e. The number of anilines is 1. The van der Waals surface area contributed by atoms with Gasteiger partial charge in [0.1, 0.15) is 5.82 Å². The number of rotatable bonds is 5. The largest absolute Gasteiger partial charge is 0.354 e. The molecule has 106 valence electrons. The van der Waals surface area contributed by atoms with Crippen LogP contribution >= 0.6 is 11.6 Å². The van der Waals surface area contributed by atoms with Crippen molar-refractivity contribution in [2.45, 2.75) is 32.6 Å². The summed E-state index contributed by atoms with van der Waals surface area (Å²) < 4.78 is 0. The lowest BCUT2D eigenvalue weighted by atomic mass is 10.2. The highest BCUT2D eigenvalue weighted by molar-refractivity contribution is 6.17. The smallest absolute Gasteiger partial charge is 0.129 e. The number of aryl methyl sites for hydroxylation is 1. The van der Waals surface area contributed by atoms with E-state index in [1.807, 2.05) is 0 Å². The van der Waals surface area contributed by atoms with Crippen molar-refractivity contribution >= 4 is 17.4 Å². The van der Waals surface area contributed by atoms with Crippen LogP contribution in [0.3, 0.4) is 0 Å². The van der Waals surface area contributed by atoms with Gasteiger partial charge in [-0.2, -0.15) is 0 Å². The molecule has 3 nitrogen and oxygen atoms in total. The number of hydrogen-bond acceptors (Lipinski definition) is 3. The molecule has 0 amide bonds. The molecule has 0 atom stereocenters. The fourth-order valence-corrected chi connectivity index (χ4v) is 2.72. The van der Waals surface area contributed by atoms with Crippen LogP contribution in [0.5, 0.6) is 0 Å². The summed E-state index contributed by atoms with van der Waals surface area (Å²) in [5.74, 6) is 1.67. The summed E-state index contributed by atoms with van der Waals surface area (Å²) >= 11 is 5.98. The fraction of sp³-hybridized carbons (Fsp3) is 0.667. The Labute approximate surface area is 121 Å². The first kappa shape index (κ1) is 14.6. The minimum absolute atomic E-state index is 0.568. The van der Waals surface area contributed by atoms with Crippen LogP contribution in [0, 0.1) is 0 Å². The molecule has 1 aliphatic heterocycles. The van der Waals surface area contributed by atoms with Crippen molar-refractivity contribution in [1.82, 2.24) is 9.88 Å². The van der Waals surface area contributed by atoms with Crippen LogP contribution in [0.2, 0.25) is 0 Å². The van der Waals surface area contributed by atoms with Gasteiger partial charge in [-0.3, -0.25) is 4.90 Å². The molecule has 4 heteroatoms. The van der Waals surface area contributed by atoms with Gasteiger partial charge >= 0.3 is 0 Å². The number of hydrogen-bond donors (Lipinski definition) is 0. The van der Waals surface area contributed by atoms with E-state index in [1.165, 1.54) is 18.5 Å². The zero-order chi connectivity index (χ0) is 13.7. The van der Waals surface area contributed by atoms with Crippen molar-refractivity contribution in [3.05, 3.63) is 23.4 Å². The van der Waals surface area contributed by atoms with E-state index in [4.69, 9.17) is 16.6 Å². The van der Waals surface area contributed by atoms with E-state index in [2.05, 4.69) is 35.8 Å². The van der Waals surface area contributed by atoms with Gasteiger partial charge in [0, 0.05) is 37.8 Å². The second-order valence-corrected chi connectivity index (χ2v) is 5.41. The molecule has 1 aromatic rings. The van der Waals surface area contributed by atoms with Gasteiger partial charge in [-0.15, -0.1) is 11.6 Å². The first-order valence-electron chi connectivity index (χ1n) is 7.30. The van der Waals surface area contributed by atoms with E-state index in [9.17, 15) is 0 Å². The normalized spacial score (nSPS) is 16.9. The molecule has 0 radical (unpaired) electrons. The van der Waals surface area contributed by atoms with E-state index in [1.54, 1.807) is 0 Å². The number of pyridine rings is 1. The Kier molecular flexibility index (Phi) is 5.46. The quantitative estimate of drug-likeness (QED) is 0.774. The summed E-state index contributed by atoms with van der Waals surface area (Å²) in [6.07, 6.45) is 2.20. The van der Waals surface area contributed by atoms with E-state index >= 15 is 0 Å². The van der Waals surface area contributed by atoms with Crippen LogP contribution in [0.25, 0.3) is 0 Å². The third kappa shape index (κ3) is 3.83. The summed E-state index contributed by atoms with van der Waals surface area (Å²) in [7, 11) is 0. The molecule has 0 spiro atoms. The van der Waals surface area contributed by atoms with Gasteiger partial charge in [0.25, 0.3) is 0 Å². The minimum atomic E-state index is 0.568. The number of aromatic nitrogens is 1. The number of piperazine rings is 1. The lowest BCUT2D eigenvalue weighted by Crippen LogP contribution is -2.46. The molecular weight excluding hydrogens is 258 g/mol. The third-order valence-corrected chi connectivity index (χ3v) is 3.99. The molecule has 1 aliphatic rings. The van der Waals surface area contributed by atoms with Crippen molar-refractivity contribution in [2.75, 3.05) is 37.6 Å². The van der Waals surface area contributed by atoms with Crippen molar-refractivity contribution in [2.24, 2.45) is 0 Å². The monoisotopic (exact) mass is 281 g/mol. The molecule has 0 aliphatic carbocycles. The first-order chi connectivity index (χ1) is 9.26. The molecule has 0 saturated carbocycles. The molecule has 0 bridgehead atoms.